The second-order valence-electron chi connectivity index (χ2n) is 5.11. The monoisotopic (exact) mass is 249 g/mol. The average molecular weight is 249 g/mol. The van der Waals surface area contributed by atoms with Crippen LogP contribution < -0.4 is 0 Å². The maximum absolute atomic E-state index is 12.1. The molecule has 1 fully saturated rings. The van der Waals surface area contributed by atoms with Crippen molar-refractivity contribution >= 4 is 5.91 Å². The number of aliphatic hydroxyl groups excluding tert-OH is 1. The molecule has 1 amide bonds. The Hall–Kier alpha value is -1.55. The molecule has 0 aliphatic heterocycles. The Balaban J connectivity index is 2.04. The van der Waals surface area contributed by atoms with Crippen LogP contribution in [-0.4, -0.2) is 40.7 Å². The van der Waals surface area contributed by atoms with Gasteiger partial charge in [-0.05, 0) is 43.4 Å². The van der Waals surface area contributed by atoms with E-state index < -0.39 is 6.10 Å². The van der Waals surface area contributed by atoms with Gasteiger partial charge in [-0.1, -0.05) is 6.07 Å². The van der Waals surface area contributed by atoms with E-state index in [1.807, 2.05) is 6.92 Å². The molecule has 0 bridgehead atoms. The number of likely N-dealkylation sites (N-methyl/N-ethyl adjacent to an activating group) is 1. The zero-order valence-corrected chi connectivity index (χ0v) is 10.8. The number of nitrogens with zero attached hydrogens (tertiary/aromatic N) is 1. The van der Waals surface area contributed by atoms with E-state index in [1.165, 1.54) is 4.90 Å². The zero-order chi connectivity index (χ0) is 13.3. The minimum atomic E-state index is -0.452. The van der Waals surface area contributed by atoms with Gasteiger partial charge in [0.05, 0.1) is 11.7 Å². The van der Waals surface area contributed by atoms with Crippen molar-refractivity contribution in [2.24, 2.45) is 5.92 Å². The van der Waals surface area contributed by atoms with E-state index in [1.54, 1.807) is 25.2 Å². The molecule has 1 aliphatic rings. The van der Waals surface area contributed by atoms with Gasteiger partial charge in [0, 0.05) is 13.6 Å². The van der Waals surface area contributed by atoms with Crippen LogP contribution >= 0.6 is 0 Å². The van der Waals surface area contributed by atoms with Gasteiger partial charge in [-0.3, -0.25) is 4.79 Å². The van der Waals surface area contributed by atoms with Crippen LogP contribution in [0.15, 0.2) is 18.2 Å². The molecule has 1 saturated carbocycles. The van der Waals surface area contributed by atoms with Crippen molar-refractivity contribution in [2.75, 3.05) is 13.6 Å². The quantitative estimate of drug-likeness (QED) is 0.851. The summed E-state index contributed by atoms with van der Waals surface area (Å²) in [5, 5.41) is 19.6. The maximum Gasteiger partial charge on any atom is 0.257 e. The number of carbonyl (C=O) groups excluding carboxylic acids is 1. The Bertz CT molecular complexity index is 454. The topological polar surface area (TPSA) is 60.8 Å². The van der Waals surface area contributed by atoms with Crippen LogP contribution in [0.2, 0.25) is 0 Å². The lowest BCUT2D eigenvalue weighted by atomic mass is 10.1. The van der Waals surface area contributed by atoms with E-state index in [2.05, 4.69) is 0 Å². The molecule has 1 unspecified atom stereocenters. The highest BCUT2D eigenvalue weighted by Gasteiger charge is 2.31. The average Bonchev–Trinajstić information content (AvgIpc) is 3.11. The third-order valence-electron chi connectivity index (χ3n) is 3.36. The van der Waals surface area contributed by atoms with Crippen LogP contribution in [0.4, 0.5) is 0 Å². The largest absolute Gasteiger partial charge is 0.507 e. The van der Waals surface area contributed by atoms with Gasteiger partial charge < -0.3 is 15.1 Å². The minimum Gasteiger partial charge on any atom is -0.507 e. The van der Waals surface area contributed by atoms with Crippen molar-refractivity contribution in [3.8, 4) is 5.75 Å². The fourth-order valence-electron chi connectivity index (χ4n) is 2.02. The number of phenolic OH excluding ortho intramolecular Hbond substituents is 1. The molecule has 1 aromatic rings. The molecule has 98 valence electrons. The maximum atomic E-state index is 12.1. The number of aryl methyl sites for hydroxylation is 1. The first kappa shape index (κ1) is 12.9. The molecular weight excluding hydrogens is 230 g/mol. The number of phenols is 1. The number of aliphatic hydroxyl groups is 1. The van der Waals surface area contributed by atoms with Crippen molar-refractivity contribution in [1.29, 1.82) is 0 Å². The Labute approximate surface area is 107 Å². The van der Waals surface area contributed by atoms with Gasteiger partial charge in [0.25, 0.3) is 5.91 Å². The number of rotatable bonds is 4. The minimum absolute atomic E-state index is 0.00670. The molecule has 4 heteroatoms. The summed E-state index contributed by atoms with van der Waals surface area (Å²) >= 11 is 0. The van der Waals surface area contributed by atoms with Crippen LogP contribution in [0.1, 0.15) is 28.8 Å². The van der Waals surface area contributed by atoms with Crippen molar-refractivity contribution in [2.45, 2.75) is 25.9 Å². The van der Waals surface area contributed by atoms with E-state index in [4.69, 9.17) is 0 Å². The van der Waals surface area contributed by atoms with E-state index in [0.717, 1.165) is 18.4 Å². The van der Waals surface area contributed by atoms with Gasteiger partial charge in [0.2, 0.25) is 0 Å². The molecule has 0 spiro atoms. The molecule has 0 heterocycles. The lowest BCUT2D eigenvalue weighted by molar-refractivity contribution is 0.0642. The number of benzene rings is 1. The number of carbonyl (C=O) groups is 1. The summed E-state index contributed by atoms with van der Waals surface area (Å²) in [4.78, 5) is 13.6. The standard InChI is InChI=1S/C14H19NO3/c1-9-3-6-11(12(16)7-9)14(18)15(2)8-13(17)10-4-5-10/h3,6-7,10,13,16-17H,4-5,8H2,1-2H3. The molecule has 0 radical (unpaired) electrons. The van der Waals surface area contributed by atoms with Crippen LogP contribution in [0.3, 0.4) is 0 Å². The van der Waals surface area contributed by atoms with Crippen molar-refractivity contribution in [1.82, 2.24) is 4.90 Å². The summed E-state index contributed by atoms with van der Waals surface area (Å²) in [6.07, 6.45) is 1.63. The molecular formula is C14H19NO3. The lowest BCUT2D eigenvalue weighted by Gasteiger charge is -2.21. The highest BCUT2D eigenvalue weighted by atomic mass is 16.3. The predicted molar refractivity (Wildman–Crippen MR) is 68.5 cm³/mol. The molecule has 0 saturated heterocycles. The van der Waals surface area contributed by atoms with Gasteiger partial charge in [0.1, 0.15) is 5.75 Å². The Kier molecular flexibility index (Phi) is 3.57. The van der Waals surface area contributed by atoms with Crippen molar-refractivity contribution in [3.05, 3.63) is 29.3 Å². The van der Waals surface area contributed by atoms with Crippen LogP contribution in [0, 0.1) is 12.8 Å². The van der Waals surface area contributed by atoms with Gasteiger partial charge in [-0.15, -0.1) is 0 Å². The predicted octanol–water partition coefficient (Wildman–Crippen LogP) is 1.54. The summed E-state index contributed by atoms with van der Waals surface area (Å²) in [5.41, 5.74) is 1.19. The van der Waals surface area contributed by atoms with Gasteiger partial charge in [-0.25, -0.2) is 0 Å². The third kappa shape index (κ3) is 2.82. The van der Waals surface area contributed by atoms with Crippen LogP contribution in [0.25, 0.3) is 0 Å². The molecule has 4 nitrogen and oxygen atoms in total. The summed E-state index contributed by atoms with van der Waals surface area (Å²) in [7, 11) is 1.65. The summed E-state index contributed by atoms with van der Waals surface area (Å²) in [5.74, 6) is 0.0758. The van der Waals surface area contributed by atoms with Crippen molar-refractivity contribution in [3.63, 3.8) is 0 Å². The Morgan fingerprint density at radius 1 is 1.50 bits per heavy atom. The molecule has 2 N–H and O–H groups in total. The summed E-state index contributed by atoms with van der Waals surface area (Å²) < 4.78 is 0. The molecule has 1 aliphatic carbocycles. The van der Waals surface area contributed by atoms with E-state index >= 15 is 0 Å². The fraction of sp³-hybridized carbons (Fsp3) is 0.500. The van der Waals surface area contributed by atoms with Gasteiger partial charge in [-0.2, -0.15) is 0 Å². The molecule has 1 atom stereocenters. The first-order valence-electron chi connectivity index (χ1n) is 6.22. The number of hydrogen-bond donors (Lipinski definition) is 2. The van der Waals surface area contributed by atoms with E-state index in [0.29, 0.717) is 12.5 Å². The van der Waals surface area contributed by atoms with Crippen molar-refractivity contribution < 1.29 is 15.0 Å². The Morgan fingerprint density at radius 2 is 2.17 bits per heavy atom. The number of amides is 1. The highest BCUT2D eigenvalue weighted by molar-refractivity contribution is 5.96. The van der Waals surface area contributed by atoms with E-state index in [-0.39, 0.29) is 17.2 Å². The fourth-order valence-corrected chi connectivity index (χ4v) is 2.02. The smallest absolute Gasteiger partial charge is 0.257 e. The summed E-state index contributed by atoms with van der Waals surface area (Å²) in [6.45, 7) is 2.17. The molecule has 1 aromatic carbocycles. The molecule has 18 heavy (non-hydrogen) atoms. The zero-order valence-electron chi connectivity index (χ0n) is 10.8. The van der Waals surface area contributed by atoms with Crippen LogP contribution in [-0.2, 0) is 0 Å². The first-order valence-corrected chi connectivity index (χ1v) is 6.22. The number of hydrogen-bond acceptors (Lipinski definition) is 3. The molecule has 0 aromatic heterocycles. The normalized spacial score (nSPS) is 16.4. The van der Waals surface area contributed by atoms with Gasteiger partial charge >= 0.3 is 0 Å². The number of aromatic hydroxyl groups is 1. The lowest BCUT2D eigenvalue weighted by Crippen LogP contribution is -2.35. The first-order chi connectivity index (χ1) is 8.49. The second kappa shape index (κ2) is 4.98. The molecule has 2 rings (SSSR count). The third-order valence-corrected chi connectivity index (χ3v) is 3.36. The summed E-state index contributed by atoms with van der Waals surface area (Å²) in [6, 6.07) is 4.98. The second-order valence-corrected chi connectivity index (χ2v) is 5.11. The SMILES string of the molecule is Cc1ccc(C(=O)N(C)CC(O)C2CC2)c(O)c1. The van der Waals surface area contributed by atoms with Gasteiger partial charge in [0.15, 0.2) is 0 Å². The highest BCUT2D eigenvalue weighted by Crippen LogP contribution is 2.33. The Morgan fingerprint density at radius 3 is 2.72 bits per heavy atom. The van der Waals surface area contributed by atoms with Crippen LogP contribution in [0.5, 0.6) is 5.75 Å². The van der Waals surface area contributed by atoms with E-state index in [9.17, 15) is 15.0 Å².